The van der Waals surface area contributed by atoms with Gasteiger partial charge in [-0.15, -0.1) is 0 Å². The van der Waals surface area contributed by atoms with E-state index in [2.05, 4.69) is 32.7 Å². The number of likely N-dealkylation sites (tertiary alicyclic amines) is 1. The molecule has 2 amide bonds. The van der Waals surface area contributed by atoms with E-state index in [0.717, 1.165) is 23.5 Å². The molecule has 0 bridgehead atoms. The average Bonchev–Trinajstić information content (AvgIpc) is 3.49. The van der Waals surface area contributed by atoms with Gasteiger partial charge < -0.3 is 10.3 Å². The van der Waals surface area contributed by atoms with Crippen LogP contribution in [0.5, 0.6) is 0 Å². The number of carbonyl (C=O) groups is 2. The number of H-pyrrole nitrogens is 1. The zero-order chi connectivity index (χ0) is 21.2. The monoisotopic (exact) mass is 412 g/mol. The minimum atomic E-state index is -0.403. The molecule has 3 N–H and O–H groups in total. The van der Waals surface area contributed by atoms with Gasteiger partial charge in [0.25, 0.3) is 11.8 Å². The van der Waals surface area contributed by atoms with E-state index in [4.69, 9.17) is 0 Å². The molecule has 2 aliphatic rings. The first kappa shape index (κ1) is 19.3. The number of aromatic amines is 1. The first-order valence-electron chi connectivity index (χ1n) is 10.6. The lowest BCUT2D eigenvalue weighted by atomic mass is 9.93. The Labute approximate surface area is 181 Å². The minimum absolute atomic E-state index is 0.374. The molecular weight excluding hydrogens is 388 g/mol. The fourth-order valence-corrected chi connectivity index (χ4v) is 4.21. The van der Waals surface area contributed by atoms with Crippen LogP contribution < -0.4 is 10.6 Å². The van der Waals surface area contributed by atoms with Crippen molar-refractivity contribution in [3.63, 3.8) is 0 Å². The van der Waals surface area contributed by atoms with Crippen LogP contribution >= 0.6 is 0 Å². The van der Waals surface area contributed by atoms with Crippen molar-refractivity contribution in [2.75, 3.05) is 18.4 Å². The fourth-order valence-electron chi connectivity index (χ4n) is 4.21. The Bertz CT molecular complexity index is 1140. The van der Waals surface area contributed by atoms with E-state index in [0.29, 0.717) is 16.7 Å². The second-order valence-corrected chi connectivity index (χ2v) is 8.01. The maximum atomic E-state index is 12.6. The van der Waals surface area contributed by atoms with Crippen molar-refractivity contribution in [3.8, 4) is 11.3 Å². The second kappa shape index (κ2) is 8.24. The highest BCUT2D eigenvalue weighted by molar-refractivity contribution is 6.31. The number of fused-ring (bicyclic) bond motifs is 1. The summed E-state index contributed by atoms with van der Waals surface area (Å²) in [6.45, 7) is 3.31. The number of anilines is 1. The molecule has 156 valence electrons. The molecule has 31 heavy (non-hydrogen) atoms. The molecule has 1 aromatic heterocycles. The number of aromatic nitrogens is 1. The molecule has 6 heteroatoms. The Balaban J connectivity index is 1.39. The molecule has 0 saturated carbocycles. The Kier molecular flexibility index (Phi) is 5.14. The molecule has 3 aromatic rings. The summed E-state index contributed by atoms with van der Waals surface area (Å²) in [5.74, 6) is -0.777. The van der Waals surface area contributed by atoms with Gasteiger partial charge in [-0.3, -0.25) is 19.8 Å². The van der Waals surface area contributed by atoms with E-state index < -0.39 is 5.91 Å². The number of hydrogen-bond acceptors (Lipinski definition) is 4. The number of hydrogen-bond donors (Lipinski definition) is 3. The summed E-state index contributed by atoms with van der Waals surface area (Å²) in [5, 5.41) is 5.65. The number of nitrogens with zero attached hydrogens (tertiary/aromatic N) is 1. The maximum absolute atomic E-state index is 12.6. The number of nitrogens with one attached hydrogen (secondary N) is 3. The molecule has 2 aromatic carbocycles. The van der Waals surface area contributed by atoms with Crippen molar-refractivity contribution < 1.29 is 9.59 Å². The van der Waals surface area contributed by atoms with Crippen molar-refractivity contribution in [1.29, 1.82) is 0 Å². The fraction of sp³-hybridized carbons (Fsp3) is 0.200. The Morgan fingerprint density at radius 1 is 0.935 bits per heavy atom. The van der Waals surface area contributed by atoms with Crippen molar-refractivity contribution in [3.05, 3.63) is 83.7 Å². The molecular formula is C25H24N4O2. The topological polar surface area (TPSA) is 77.2 Å². The zero-order valence-corrected chi connectivity index (χ0v) is 17.2. The van der Waals surface area contributed by atoms with Gasteiger partial charge in [0.2, 0.25) is 0 Å². The summed E-state index contributed by atoms with van der Waals surface area (Å²) in [6.07, 6.45) is 6.09. The van der Waals surface area contributed by atoms with E-state index in [1.165, 1.54) is 31.5 Å². The molecule has 0 radical (unpaired) electrons. The first-order valence-corrected chi connectivity index (χ1v) is 10.6. The molecule has 5 rings (SSSR count). The number of imide groups is 1. The van der Waals surface area contributed by atoms with Gasteiger partial charge in [-0.1, -0.05) is 18.2 Å². The second-order valence-electron chi connectivity index (χ2n) is 8.01. The Morgan fingerprint density at radius 2 is 1.74 bits per heavy atom. The normalized spacial score (nSPS) is 17.6. The van der Waals surface area contributed by atoms with Gasteiger partial charge in [-0.25, -0.2) is 0 Å². The molecule has 1 saturated heterocycles. The molecule has 0 aliphatic carbocycles. The summed E-state index contributed by atoms with van der Waals surface area (Å²) in [5.41, 5.74) is 5.57. The largest absolute Gasteiger partial charge is 0.361 e. The molecule has 6 nitrogen and oxygen atoms in total. The van der Waals surface area contributed by atoms with E-state index in [1.807, 2.05) is 42.6 Å². The van der Waals surface area contributed by atoms with Gasteiger partial charge in [0.1, 0.15) is 0 Å². The van der Waals surface area contributed by atoms with E-state index in [-0.39, 0.29) is 5.91 Å². The predicted octanol–water partition coefficient (Wildman–Crippen LogP) is 4.00. The minimum Gasteiger partial charge on any atom is -0.361 e. The Hall–Kier alpha value is -3.64. The van der Waals surface area contributed by atoms with Crippen LogP contribution in [0.4, 0.5) is 5.69 Å². The SMILES string of the molecule is O=C1NC(=O)c2ccc(-c3ccc[nH]3)cc2C1=CNc1ccc(CN2CCCC2)cc1. The van der Waals surface area contributed by atoms with Gasteiger partial charge in [0.15, 0.2) is 0 Å². The number of carbonyl (C=O) groups excluding carboxylic acids is 2. The van der Waals surface area contributed by atoms with Crippen LogP contribution in [0.25, 0.3) is 16.8 Å². The number of amides is 2. The molecule has 0 unspecified atom stereocenters. The quantitative estimate of drug-likeness (QED) is 0.437. The smallest absolute Gasteiger partial charge is 0.260 e. The van der Waals surface area contributed by atoms with Crippen molar-refractivity contribution in [2.45, 2.75) is 19.4 Å². The Morgan fingerprint density at radius 3 is 2.48 bits per heavy atom. The molecule has 0 spiro atoms. The summed E-state index contributed by atoms with van der Waals surface area (Å²) >= 11 is 0. The van der Waals surface area contributed by atoms with Crippen LogP contribution in [0.3, 0.4) is 0 Å². The van der Waals surface area contributed by atoms with Crippen LogP contribution in [-0.4, -0.2) is 34.8 Å². The van der Waals surface area contributed by atoms with Crippen LogP contribution in [-0.2, 0) is 11.3 Å². The van der Waals surface area contributed by atoms with Gasteiger partial charge in [0.05, 0.1) is 5.57 Å². The zero-order valence-electron chi connectivity index (χ0n) is 17.2. The van der Waals surface area contributed by atoms with Crippen molar-refractivity contribution in [2.24, 2.45) is 0 Å². The van der Waals surface area contributed by atoms with Crippen LogP contribution in [0, 0.1) is 0 Å². The van der Waals surface area contributed by atoms with Gasteiger partial charge in [0, 0.05) is 41.4 Å². The standard InChI is InChI=1S/C25H24N4O2/c30-24-20-10-7-18(23-4-3-11-26-23)14-21(20)22(25(31)28-24)15-27-19-8-5-17(6-9-19)16-29-12-1-2-13-29/h3-11,14-15,26-27H,1-2,12-13,16H2,(H,28,30,31). The van der Waals surface area contributed by atoms with E-state index >= 15 is 0 Å². The highest BCUT2D eigenvalue weighted by atomic mass is 16.2. The lowest BCUT2D eigenvalue weighted by molar-refractivity contribution is -0.114. The van der Waals surface area contributed by atoms with E-state index in [9.17, 15) is 9.59 Å². The maximum Gasteiger partial charge on any atom is 0.260 e. The lowest BCUT2D eigenvalue weighted by Crippen LogP contribution is -2.36. The summed E-state index contributed by atoms with van der Waals surface area (Å²) in [6, 6.07) is 17.6. The van der Waals surface area contributed by atoms with Crippen LogP contribution in [0.2, 0.25) is 0 Å². The lowest BCUT2D eigenvalue weighted by Gasteiger charge is -2.19. The van der Waals surface area contributed by atoms with Gasteiger partial charge in [-0.2, -0.15) is 0 Å². The molecule has 0 atom stereocenters. The van der Waals surface area contributed by atoms with E-state index in [1.54, 1.807) is 12.3 Å². The summed E-state index contributed by atoms with van der Waals surface area (Å²) in [4.78, 5) is 30.5. The third-order valence-corrected chi connectivity index (χ3v) is 5.88. The van der Waals surface area contributed by atoms with Gasteiger partial charge >= 0.3 is 0 Å². The highest BCUT2D eigenvalue weighted by Crippen LogP contribution is 2.29. The molecule has 3 heterocycles. The summed E-state index contributed by atoms with van der Waals surface area (Å²) in [7, 11) is 0. The van der Waals surface area contributed by atoms with Crippen molar-refractivity contribution >= 4 is 23.1 Å². The van der Waals surface area contributed by atoms with Gasteiger partial charge in [-0.05, 0) is 73.5 Å². The first-order chi connectivity index (χ1) is 15.2. The average molecular weight is 412 g/mol. The predicted molar refractivity (Wildman–Crippen MR) is 121 cm³/mol. The van der Waals surface area contributed by atoms with Crippen molar-refractivity contribution in [1.82, 2.24) is 15.2 Å². The third-order valence-electron chi connectivity index (χ3n) is 5.88. The molecule has 2 aliphatic heterocycles. The highest BCUT2D eigenvalue weighted by Gasteiger charge is 2.27. The summed E-state index contributed by atoms with van der Waals surface area (Å²) < 4.78 is 0. The third kappa shape index (κ3) is 4.02. The van der Waals surface area contributed by atoms with Crippen LogP contribution in [0.1, 0.15) is 34.3 Å². The van der Waals surface area contributed by atoms with Crippen LogP contribution in [0.15, 0.2) is 67.0 Å². The number of rotatable bonds is 5. The number of benzene rings is 2. The molecule has 1 fully saturated rings.